The molecule has 0 N–H and O–H groups in total. The molecule has 1 aromatic carbocycles. The summed E-state index contributed by atoms with van der Waals surface area (Å²) in [6.45, 7) is 2.07. The van der Waals surface area contributed by atoms with Crippen molar-refractivity contribution in [3.05, 3.63) is 35.9 Å². The highest BCUT2D eigenvalue weighted by Gasteiger charge is 2.45. The van der Waals surface area contributed by atoms with Crippen molar-refractivity contribution in [3.8, 4) is 0 Å². The molecule has 2 rings (SSSR count). The van der Waals surface area contributed by atoms with Crippen molar-refractivity contribution in [2.45, 2.75) is 32.0 Å². The molecule has 0 spiro atoms. The first-order valence-electron chi connectivity index (χ1n) is 6.01. The molecule has 0 aromatic heterocycles. The van der Waals surface area contributed by atoms with Crippen molar-refractivity contribution < 1.29 is 19.1 Å². The third-order valence-corrected chi connectivity index (χ3v) is 3.07. The second-order valence-corrected chi connectivity index (χ2v) is 4.47. The summed E-state index contributed by atoms with van der Waals surface area (Å²) in [5.41, 5.74) is -0.537. The fourth-order valence-corrected chi connectivity index (χ4v) is 1.86. The summed E-state index contributed by atoms with van der Waals surface area (Å²) >= 11 is 0. The molecule has 1 aliphatic heterocycles. The van der Waals surface area contributed by atoms with E-state index in [9.17, 15) is 9.59 Å². The zero-order valence-corrected chi connectivity index (χ0v) is 10.3. The van der Waals surface area contributed by atoms with Gasteiger partial charge in [-0.15, -0.1) is 0 Å². The normalized spacial score (nSPS) is 23.7. The number of benzene rings is 1. The van der Waals surface area contributed by atoms with E-state index in [1.165, 1.54) is 6.92 Å². The van der Waals surface area contributed by atoms with Gasteiger partial charge in [0.15, 0.2) is 5.78 Å². The van der Waals surface area contributed by atoms with Gasteiger partial charge in [-0.1, -0.05) is 30.3 Å². The number of hydrogen-bond acceptors (Lipinski definition) is 4. The van der Waals surface area contributed by atoms with E-state index in [0.717, 1.165) is 5.56 Å². The van der Waals surface area contributed by atoms with Gasteiger partial charge in [0.2, 0.25) is 5.60 Å². The fourth-order valence-electron chi connectivity index (χ4n) is 1.86. The van der Waals surface area contributed by atoms with Crippen molar-refractivity contribution in [3.63, 3.8) is 0 Å². The number of esters is 1. The van der Waals surface area contributed by atoms with E-state index in [2.05, 4.69) is 0 Å². The van der Waals surface area contributed by atoms with Crippen molar-refractivity contribution in [1.82, 2.24) is 0 Å². The Hall–Kier alpha value is -1.68. The number of ketones is 1. The van der Waals surface area contributed by atoms with Gasteiger partial charge in [0, 0.05) is 13.0 Å². The minimum Gasteiger partial charge on any atom is -0.458 e. The van der Waals surface area contributed by atoms with E-state index in [1.807, 2.05) is 30.3 Å². The van der Waals surface area contributed by atoms with Crippen LogP contribution in [0.1, 0.15) is 25.3 Å². The molecule has 18 heavy (non-hydrogen) atoms. The van der Waals surface area contributed by atoms with Gasteiger partial charge < -0.3 is 9.47 Å². The van der Waals surface area contributed by atoms with E-state index < -0.39 is 11.6 Å². The monoisotopic (exact) mass is 248 g/mol. The van der Waals surface area contributed by atoms with Crippen molar-refractivity contribution >= 4 is 11.8 Å². The van der Waals surface area contributed by atoms with E-state index in [4.69, 9.17) is 9.47 Å². The largest absolute Gasteiger partial charge is 0.458 e. The molecule has 0 amide bonds. The number of carbonyl (C=O) groups excluding carboxylic acids is 2. The second-order valence-electron chi connectivity index (χ2n) is 4.47. The molecular weight excluding hydrogens is 232 g/mol. The number of rotatable bonds is 3. The zero-order valence-electron chi connectivity index (χ0n) is 10.3. The van der Waals surface area contributed by atoms with E-state index in [-0.39, 0.29) is 12.4 Å². The molecule has 1 aliphatic rings. The summed E-state index contributed by atoms with van der Waals surface area (Å²) in [5.74, 6) is -0.803. The van der Waals surface area contributed by atoms with Crippen LogP contribution in [0.15, 0.2) is 30.3 Å². The molecular formula is C14H16O4. The third kappa shape index (κ3) is 2.59. The third-order valence-electron chi connectivity index (χ3n) is 3.07. The van der Waals surface area contributed by atoms with Gasteiger partial charge in [0.25, 0.3) is 0 Å². The second kappa shape index (κ2) is 5.31. The van der Waals surface area contributed by atoms with Crippen LogP contribution in [0.3, 0.4) is 0 Å². The van der Waals surface area contributed by atoms with Gasteiger partial charge in [-0.3, -0.25) is 4.79 Å². The first-order valence-corrected chi connectivity index (χ1v) is 6.01. The van der Waals surface area contributed by atoms with Gasteiger partial charge in [-0.2, -0.15) is 0 Å². The molecule has 0 aliphatic carbocycles. The first-order chi connectivity index (χ1) is 8.63. The Balaban J connectivity index is 1.97. The summed E-state index contributed by atoms with van der Waals surface area (Å²) in [6.07, 6.45) is 1.04. The zero-order chi connectivity index (χ0) is 13.0. The Kier molecular flexibility index (Phi) is 3.77. The molecule has 1 unspecified atom stereocenters. The van der Waals surface area contributed by atoms with Crippen LogP contribution in [0.2, 0.25) is 0 Å². The molecule has 1 heterocycles. The maximum atomic E-state index is 11.9. The molecule has 0 bridgehead atoms. The lowest BCUT2D eigenvalue weighted by atomic mass is 9.94. The molecule has 1 aromatic rings. The van der Waals surface area contributed by atoms with Crippen LogP contribution < -0.4 is 0 Å². The Morgan fingerprint density at radius 1 is 1.39 bits per heavy atom. The van der Waals surface area contributed by atoms with Gasteiger partial charge in [-0.25, -0.2) is 4.79 Å². The standard InChI is InChI=1S/C14H16O4/c1-14(12(15)8-5-9-18-14)13(16)17-10-11-6-3-2-4-7-11/h2-4,6-7H,5,8-10H2,1H3. The van der Waals surface area contributed by atoms with Crippen molar-refractivity contribution in [1.29, 1.82) is 0 Å². The minimum absolute atomic E-state index is 0.159. The van der Waals surface area contributed by atoms with Crippen LogP contribution in [-0.4, -0.2) is 24.0 Å². The summed E-state index contributed by atoms with van der Waals surface area (Å²) in [4.78, 5) is 23.7. The quantitative estimate of drug-likeness (QED) is 0.605. The van der Waals surface area contributed by atoms with Crippen LogP contribution in [0.25, 0.3) is 0 Å². The number of hydrogen-bond donors (Lipinski definition) is 0. The summed E-state index contributed by atoms with van der Waals surface area (Å²) in [6, 6.07) is 9.35. The highest BCUT2D eigenvalue weighted by atomic mass is 16.6. The van der Waals surface area contributed by atoms with Gasteiger partial charge in [-0.05, 0) is 18.9 Å². The molecule has 1 fully saturated rings. The molecule has 4 heteroatoms. The highest BCUT2D eigenvalue weighted by Crippen LogP contribution is 2.23. The number of carbonyl (C=O) groups is 2. The lowest BCUT2D eigenvalue weighted by molar-refractivity contribution is -0.180. The lowest BCUT2D eigenvalue weighted by Gasteiger charge is -2.29. The van der Waals surface area contributed by atoms with Crippen molar-refractivity contribution in [2.75, 3.05) is 6.61 Å². The molecule has 1 saturated heterocycles. The Labute approximate surface area is 106 Å². The molecule has 0 saturated carbocycles. The Morgan fingerprint density at radius 2 is 2.11 bits per heavy atom. The average Bonchev–Trinajstić information content (AvgIpc) is 2.40. The van der Waals surface area contributed by atoms with Crippen LogP contribution in [-0.2, 0) is 25.7 Å². The first kappa shape index (κ1) is 12.8. The van der Waals surface area contributed by atoms with E-state index in [0.29, 0.717) is 19.4 Å². The summed E-state index contributed by atoms with van der Waals surface area (Å²) < 4.78 is 10.5. The van der Waals surface area contributed by atoms with Crippen LogP contribution in [0.4, 0.5) is 0 Å². The van der Waals surface area contributed by atoms with E-state index >= 15 is 0 Å². The molecule has 4 nitrogen and oxygen atoms in total. The number of Topliss-reactive ketones (excluding diaryl/α,β-unsaturated/α-hetero) is 1. The van der Waals surface area contributed by atoms with Crippen LogP contribution in [0, 0.1) is 0 Å². The number of ether oxygens (including phenoxy) is 2. The fraction of sp³-hybridized carbons (Fsp3) is 0.429. The highest BCUT2D eigenvalue weighted by molar-refractivity contribution is 6.07. The molecule has 96 valence electrons. The molecule has 1 atom stereocenters. The predicted octanol–water partition coefficient (Wildman–Crippen LogP) is 1.87. The lowest BCUT2D eigenvalue weighted by Crippen LogP contribution is -2.50. The smallest absolute Gasteiger partial charge is 0.346 e. The topological polar surface area (TPSA) is 52.6 Å². The maximum absolute atomic E-state index is 11.9. The minimum atomic E-state index is -1.42. The van der Waals surface area contributed by atoms with Crippen LogP contribution in [0.5, 0.6) is 0 Å². The Bertz CT molecular complexity index is 440. The Morgan fingerprint density at radius 3 is 2.78 bits per heavy atom. The SMILES string of the molecule is CC1(C(=O)OCc2ccccc2)OCCCC1=O. The summed E-state index contributed by atoms with van der Waals surface area (Å²) in [7, 11) is 0. The van der Waals surface area contributed by atoms with E-state index in [1.54, 1.807) is 0 Å². The van der Waals surface area contributed by atoms with Crippen LogP contribution >= 0.6 is 0 Å². The van der Waals surface area contributed by atoms with Crippen molar-refractivity contribution in [2.24, 2.45) is 0 Å². The predicted molar refractivity (Wildman–Crippen MR) is 64.8 cm³/mol. The van der Waals surface area contributed by atoms with Gasteiger partial charge >= 0.3 is 5.97 Å². The summed E-state index contributed by atoms with van der Waals surface area (Å²) in [5, 5.41) is 0. The van der Waals surface area contributed by atoms with Gasteiger partial charge in [0.1, 0.15) is 6.61 Å². The van der Waals surface area contributed by atoms with Gasteiger partial charge in [0.05, 0.1) is 0 Å². The maximum Gasteiger partial charge on any atom is 0.346 e. The average molecular weight is 248 g/mol. The molecule has 0 radical (unpaired) electrons.